The first-order chi connectivity index (χ1) is 9.65. The monoisotopic (exact) mass is 274 g/mol. The van der Waals surface area contributed by atoms with Crippen molar-refractivity contribution >= 4 is 22.1 Å². The van der Waals surface area contributed by atoms with E-state index in [2.05, 4.69) is 15.2 Å². The molecule has 20 heavy (non-hydrogen) atoms. The molecule has 0 aliphatic rings. The number of hydrogen-bond acceptors (Lipinski definition) is 5. The van der Waals surface area contributed by atoms with Crippen LogP contribution < -0.4 is 10.2 Å². The third-order valence-electron chi connectivity index (χ3n) is 3.30. The quantitative estimate of drug-likeness (QED) is 0.496. The Hall–Kier alpha value is -2.21. The van der Waals surface area contributed by atoms with E-state index in [0.29, 0.717) is 5.39 Å². The van der Waals surface area contributed by atoms with Gasteiger partial charge < -0.3 is 10.2 Å². The van der Waals surface area contributed by atoms with E-state index in [0.717, 1.165) is 30.6 Å². The Kier molecular flexibility index (Phi) is 4.47. The number of benzene rings is 1. The van der Waals surface area contributed by atoms with E-state index in [4.69, 9.17) is 0 Å². The molecular formula is C14H18N4O2. The summed E-state index contributed by atoms with van der Waals surface area (Å²) in [6, 6.07) is 5.18. The molecule has 1 N–H and O–H groups in total. The first-order valence-electron chi connectivity index (χ1n) is 6.52. The molecule has 106 valence electrons. The van der Waals surface area contributed by atoms with Crippen LogP contribution in [0.2, 0.25) is 0 Å². The molecule has 0 radical (unpaired) electrons. The summed E-state index contributed by atoms with van der Waals surface area (Å²) in [6.07, 6.45) is 4.23. The lowest BCUT2D eigenvalue weighted by Crippen LogP contribution is -2.22. The second kappa shape index (κ2) is 6.29. The van der Waals surface area contributed by atoms with Crippen LogP contribution in [0, 0.1) is 10.1 Å². The number of anilines is 1. The Morgan fingerprint density at radius 1 is 1.35 bits per heavy atom. The molecule has 0 atom stereocenters. The molecule has 1 heterocycles. The first-order valence-corrected chi connectivity index (χ1v) is 6.52. The fourth-order valence-electron chi connectivity index (χ4n) is 2.26. The van der Waals surface area contributed by atoms with E-state index >= 15 is 0 Å². The first kappa shape index (κ1) is 14.2. The van der Waals surface area contributed by atoms with Crippen LogP contribution in [0.1, 0.15) is 6.42 Å². The molecule has 2 rings (SSSR count). The van der Waals surface area contributed by atoms with Crippen molar-refractivity contribution in [2.75, 3.05) is 32.1 Å². The SMILES string of the molecule is CNCCCN(C)c1ccc([N+](=O)[O-])c2cnccc12. The van der Waals surface area contributed by atoms with E-state index in [9.17, 15) is 10.1 Å². The summed E-state index contributed by atoms with van der Waals surface area (Å²) in [6.45, 7) is 1.83. The molecule has 2 aromatic rings. The number of hydrogen-bond donors (Lipinski definition) is 1. The van der Waals surface area contributed by atoms with Crippen LogP contribution in [0.4, 0.5) is 11.4 Å². The molecule has 0 aliphatic heterocycles. The van der Waals surface area contributed by atoms with Gasteiger partial charge in [-0.15, -0.1) is 0 Å². The minimum atomic E-state index is -0.366. The van der Waals surface area contributed by atoms with Gasteiger partial charge in [0.05, 0.1) is 10.3 Å². The lowest BCUT2D eigenvalue weighted by Gasteiger charge is -2.21. The van der Waals surface area contributed by atoms with Crippen molar-refractivity contribution in [2.24, 2.45) is 0 Å². The molecule has 0 aliphatic carbocycles. The molecule has 0 saturated heterocycles. The van der Waals surface area contributed by atoms with E-state index in [1.807, 2.05) is 20.2 Å². The van der Waals surface area contributed by atoms with Gasteiger partial charge in [0.2, 0.25) is 0 Å². The number of fused-ring (bicyclic) bond motifs is 1. The van der Waals surface area contributed by atoms with Crippen molar-refractivity contribution in [1.82, 2.24) is 10.3 Å². The summed E-state index contributed by atoms with van der Waals surface area (Å²) >= 11 is 0. The second-order valence-electron chi connectivity index (χ2n) is 4.66. The van der Waals surface area contributed by atoms with Crippen LogP contribution in [0.3, 0.4) is 0 Å². The summed E-state index contributed by atoms with van der Waals surface area (Å²) in [5.41, 5.74) is 1.09. The molecule has 1 aromatic carbocycles. The molecule has 6 heteroatoms. The summed E-state index contributed by atoms with van der Waals surface area (Å²) in [5.74, 6) is 0. The van der Waals surface area contributed by atoms with Crippen LogP contribution in [0.15, 0.2) is 30.6 Å². The van der Waals surface area contributed by atoms with Gasteiger partial charge in [0.15, 0.2) is 0 Å². The van der Waals surface area contributed by atoms with Gasteiger partial charge in [0.25, 0.3) is 5.69 Å². The van der Waals surface area contributed by atoms with Crippen LogP contribution in [-0.4, -0.2) is 37.1 Å². The number of nitrogens with one attached hydrogen (secondary N) is 1. The molecule has 6 nitrogen and oxygen atoms in total. The van der Waals surface area contributed by atoms with Gasteiger partial charge >= 0.3 is 0 Å². The van der Waals surface area contributed by atoms with Crippen molar-refractivity contribution in [3.63, 3.8) is 0 Å². The number of pyridine rings is 1. The highest BCUT2D eigenvalue weighted by Crippen LogP contribution is 2.32. The number of nitro groups is 1. The van der Waals surface area contributed by atoms with Gasteiger partial charge in [-0.05, 0) is 32.1 Å². The highest BCUT2D eigenvalue weighted by Gasteiger charge is 2.15. The second-order valence-corrected chi connectivity index (χ2v) is 4.66. The van der Waals surface area contributed by atoms with Gasteiger partial charge in [-0.25, -0.2) is 0 Å². The third kappa shape index (κ3) is 2.85. The highest BCUT2D eigenvalue weighted by molar-refractivity contribution is 5.99. The third-order valence-corrected chi connectivity index (χ3v) is 3.30. The average Bonchev–Trinajstić information content (AvgIpc) is 2.46. The van der Waals surface area contributed by atoms with Crippen molar-refractivity contribution in [2.45, 2.75) is 6.42 Å². The standard InChI is InChI=1S/C14H18N4O2/c1-15-7-3-9-17(2)13-4-5-14(18(19)20)12-10-16-8-6-11(12)13/h4-6,8,10,15H,3,7,9H2,1-2H3. The Labute approximate surface area is 117 Å². The number of non-ortho nitro benzene ring substituents is 1. The Morgan fingerprint density at radius 3 is 2.85 bits per heavy atom. The van der Waals surface area contributed by atoms with Crippen molar-refractivity contribution in [3.8, 4) is 0 Å². The molecule has 0 spiro atoms. The minimum absolute atomic E-state index is 0.0977. The zero-order valence-electron chi connectivity index (χ0n) is 11.7. The Morgan fingerprint density at radius 2 is 2.15 bits per heavy atom. The number of nitro benzene ring substituents is 1. The van der Waals surface area contributed by atoms with Gasteiger partial charge in [-0.3, -0.25) is 15.1 Å². The summed E-state index contributed by atoms with van der Waals surface area (Å²) in [7, 11) is 3.92. The molecule has 0 bridgehead atoms. The van der Waals surface area contributed by atoms with Gasteiger partial charge in [-0.2, -0.15) is 0 Å². The average molecular weight is 274 g/mol. The molecule has 0 saturated carbocycles. The van der Waals surface area contributed by atoms with E-state index in [1.54, 1.807) is 24.5 Å². The Bertz CT molecular complexity index is 615. The zero-order chi connectivity index (χ0) is 14.5. The zero-order valence-corrected chi connectivity index (χ0v) is 11.7. The van der Waals surface area contributed by atoms with Crippen LogP contribution in [0.5, 0.6) is 0 Å². The topological polar surface area (TPSA) is 71.3 Å². The fourth-order valence-corrected chi connectivity index (χ4v) is 2.26. The molecule has 0 amide bonds. The maximum absolute atomic E-state index is 11.1. The summed E-state index contributed by atoms with van der Waals surface area (Å²) < 4.78 is 0. The van der Waals surface area contributed by atoms with Crippen molar-refractivity contribution < 1.29 is 4.92 Å². The highest BCUT2D eigenvalue weighted by atomic mass is 16.6. The van der Waals surface area contributed by atoms with Crippen molar-refractivity contribution in [3.05, 3.63) is 40.7 Å². The minimum Gasteiger partial charge on any atom is -0.374 e. The van der Waals surface area contributed by atoms with Crippen molar-refractivity contribution in [1.29, 1.82) is 0 Å². The van der Waals surface area contributed by atoms with E-state index in [1.165, 1.54) is 0 Å². The maximum Gasteiger partial charge on any atom is 0.278 e. The molecular weight excluding hydrogens is 256 g/mol. The number of nitrogens with zero attached hydrogens (tertiary/aromatic N) is 3. The smallest absolute Gasteiger partial charge is 0.278 e. The largest absolute Gasteiger partial charge is 0.374 e. The van der Waals surface area contributed by atoms with Gasteiger partial charge in [0, 0.05) is 43.1 Å². The fraction of sp³-hybridized carbons (Fsp3) is 0.357. The van der Waals surface area contributed by atoms with Gasteiger partial charge in [0.1, 0.15) is 0 Å². The molecule has 0 fully saturated rings. The summed E-state index contributed by atoms with van der Waals surface area (Å²) in [5, 5.41) is 15.6. The van der Waals surface area contributed by atoms with Crippen LogP contribution in [-0.2, 0) is 0 Å². The van der Waals surface area contributed by atoms with E-state index in [-0.39, 0.29) is 10.6 Å². The van der Waals surface area contributed by atoms with Gasteiger partial charge in [-0.1, -0.05) is 0 Å². The van der Waals surface area contributed by atoms with Crippen LogP contribution >= 0.6 is 0 Å². The summed E-state index contributed by atoms with van der Waals surface area (Å²) in [4.78, 5) is 16.8. The normalized spacial score (nSPS) is 10.7. The maximum atomic E-state index is 11.1. The lowest BCUT2D eigenvalue weighted by atomic mass is 10.1. The molecule has 0 unspecified atom stereocenters. The van der Waals surface area contributed by atoms with E-state index < -0.39 is 0 Å². The number of aromatic nitrogens is 1. The predicted molar refractivity (Wildman–Crippen MR) is 80.2 cm³/mol. The van der Waals surface area contributed by atoms with Crippen LogP contribution in [0.25, 0.3) is 10.8 Å². The lowest BCUT2D eigenvalue weighted by molar-refractivity contribution is -0.383. The predicted octanol–water partition coefficient (Wildman–Crippen LogP) is 2.19. The number of rotatable bonds is 6. The molecule has 1 aromatic heterocycles. The Balaban J connectivity index is 2.40.